The van der Waals surface area contributed by atoms with Crippen molar-refractivity contribution < 1.29 is 38.4 Å². The van der Waals surface area contributed by atoms with Crippen molar-refractivity contribution in [1.29, 1.82) is 0 Å². The number of oxime groups is 1. The Labute approximate surface area is 195 Å². The molecule has 2 aliphatic rings. The Morgan fingerprint density at radius 3 is 2.62 bits per heavy atom. The van der Waals surface area contributed by atoms with Crippen LogP contribution in [0.15, 0.2) is 28.0 Å². The van der Waals surface area contributed by atoms with Crippen LogP contribution in [0.2, 0.25) is 0 Å². The topological polar surface area (TPSA) is 115 Å². The number of likely N-dealkylation sites (N-methyl/N-ethyl adjacent to an activating group) is 1. The van der Waals surface area contributed by atoms with Crippen LogP contribution in [-0.2, 0) is 6.42 Å². The molecule has 2 aliphatic heterocycles. The molecule has 3 aromatic rings. The zero-order valence-corrected chi connectivity index (χ0v) is 19.4. The van der Waals surface area contributed by atoms with Crippen LogP contribution in [0.5, 0.6) is 34.5 Å². The number of rotatable bonds is 6. The number of methoxy groups -OCH3 is 3. The number of benzene rings is 2. The SMILES string of the molecule is COc1c2c(cc3c1[C@H](CC(=NO)c1c(O)c(OC)c4occc4c1OC)N(C)CC3)OCO2. The van der Waals surface area contributed by atoms with E-state index in [2.05, 4.69) is 10.1 Å². The van der Waals surface area contributed by atoms with Gasteiger partial charge in [0.15, 0.2) is 22.8 Å². The standard InChI is InChI=1S/C24H26N2O8/c1-26-7-5-12-9-16-22(34-11-33-16)23(30-3)17(12)15(26)10-14(25-28)18-19(27)24(31-4)21-13(6-8-32-21)20(18)29-2/h6,8-9,15,27-28H,5,7,10-11H2,1-4H3/t15-/m0/s1. The van der Waals surface area contributed by atoms with Crippen molar-refractivity contribution in [3.05, 3.63) is 35.1 Å². The number of ether oxygens (including phenoxy) is 5. The average Bonchev–Trinajstić information content (AvgIpc) is 3.51. The number of phenolic OH excluding ortho intramolecular Hbond substituents is 1. The number of aromatic hydroxyl groups is 1. The van der Waals surface area contributed by atoms with Gasteiger partial charge in [-0.05, 0) is 31.2 Å². The molecule has 0 fully saturated rings. The van der Waals surface area contributed by atoms with Crippen LogP contribution >= 0.6 is 0 Å². The van der Waals surface area contributed by atoms with Crippen molar-refractivity contribution in [3.63, 3.8) is 0 Å². The highest BCUT2D eigenvalue weighted by Crippen LogP contribution is 2.51. The largest absolute Gasteiger partial charge is 0.504 e. The monoisotopic (exact) mass is 470 g/mol. The highest BCUT2D eigenvalue weighted by atomic mass is 16.7. The van der Waals surface area contributed by atoms with Gasteiger partial charge in [-0.25, -0.2) is 0 Å². The molecular weight excluding hydrogens is 444 g/mol. The summed E-state index contributed by atoms with van der Waals surface area (Å²) in [5.41, 5.74) is 2.79. The molecule has 0 radical (unpaired) electrons. The van der Waals surface area contributed by atoms with E-state index in [9.17, 15) is 10.3 Å². The minimum atomic E-state index is -0.241. The van der Waals surface area contributed by atoms with Gasteiger partial charge in [-0.3, -0.25) is 4.90 Å². The average molecular weight is 470 g/mol. The van der Waals surface area contributed by atoms with Crippen LogP contribution in [0, 0.1) is 0 Å². The zero-order chi connectivity index (χ0) is 24.0. The third-order valence-electron chi connectivity index (χ3n) is 6.55. The van der Waals surface area contributed by atoms with Crippen LogP contribution in [0.3, 0.4) is 0 Å². The Morgan fingerprint density at radius 1 is 1.15 bits per heavy atom. The fraction of sp³-hybridized carbons (Fsp3) is 0.375. The minimum absolute atomic E-state index is 0.133. The summed E-state index contributed by atoms with van der Waals surface area (Å²) in [7, 11) is 6.50. The van der Waals surface area contributed by atoms with Crippen LogP contribution in [0.1, 0.15) is 29.2 Å². The van der Waals surface area contributed by atoms with Gasteiger partial charge >= 0.3 is 0 Å². The summed E-state index contributed by atoms with van der Waals surface area (Å²) >= 11 is 0. The molecule has 0 aliphatic carbocycles. The van der Waals surface area contributed by atoms with E-state index in [0.29, 0.717) is 34.0 Å². The van der Waals surface area contributed by atoms with E-state index in [4.69, 9.17) is 28.1 Å². The van der Waals surface area contributed by atoms with E-state index in [1.165, 1.54) is 20.5 Å². The number of hydrogen-bond donors (Lipinski definition) is 2. The van der Waals surface area contributed by atoms with Crippen molar-refractivity contribution in [1.82, 2.24) is 4.90 Å². The Bertz CT molecular complexity index is 1280. The summed E-state index contributed by atoms with van der Waals surface area (Å²) in [5.74, 6) is 2.04. The van der Waals surface area contributed by atoms with E-state index in [0.717, 1.165) is 24.1 Å². The molecule has 0 spiro atoms. The fourth-order valence-electron chi connectivity index (χ4n) is 4.96. The van der Waals surface area contributed by atoms with Crippen molar-refractivity contribution in [2.24, 2.45) is 5.16 Å². The second-order valence-electron chi connectivity index (χ2n) is 8.17. The highest BCUT2D eigenvalue weighted by molar-refractivity contribution is 6.11. The van der Waals surface area contributed by atoms with Gasteiger partial charge in [0.25, 0.3) is 0 Å². The van der Waals surface area contributed by atoms with Crippen molar-refractivity contribution >= 4 is 16.7 Å². The van der Waals surface area contributed by atoms with Gasteiger partial charge in [0.2, 0.25) is 18.3 Å². The molecule has 2 aromatic carbocycles. The molecule has 0 bridgehead atoms. The van der Waals surface area contributed by atoms with Gasteiger partial charge in [0.1, 0.15) is 5.75 Å². The van der Waals surface area contributed by atoms with Gasteiger partial charge in [-0.1, -0.05) is 5.16 Å². The first kappa shape index (κ1) is 22.0. The van der Waals surface area contributed by atoms with Crippen LogP contribution in [0.25, 0.3) is 11.0 Å². The molecular formula is C24H26N2O8. The second kappa shape index (κ2) is 8.53. The molecule has 5 rings (SSSR count). The van der Waals surface area contributed by atoms with Gasteiger partial charge in [0, 0.05) is 24.6 Å². The van der Waals surface area contributed by atoms with E-state index in [1.54, 1.807) is 13.2 Å². The number of phenols is 1. The molecule has 10 nitrogen and oxygen atoms in total. The number of hydrogen-bond acceptors (Lipinski definition) is 10. The molecule has 0 saturated carbocycles. The van der Waals surface area contributed by atoms with E-state index in [-0.39, 0.29) is 42.0 Å². The minimum Gasteiger partial charge on any atom is -0.504 e. The Balaban J connectivity index is 1.65. The maximum Gasteiger partial charge on any atom is 0.231 e. The first-order chi connectivity index (χ1) is 16.5. The Hall–Kier alpha value is -3.79. The first-order valence-corrected chi connectivity index (χ1v) is 10.8. The summed E-state index contributed by atoms with van der Waals surface area (Å²) in [6.07, 6.45) is 2.52. The molecule has 1 aromatic heterocycles. The summed E-state index contributed by atoms with van der Waals surface area (Å²) < 4.78 is 33.6. The maximum atomic E-state index is 11.1. The predicted molar refractivity (Wildman–Crippen MR) is 122 cm³/mol. The lowest BCUT2D eigenvalue weighted by Crippen LogP contribution is -2.34. The van der Waals surface area contributed by atoms with E-state index >= 15 is 0 Å². The number of nitrogens with zero attached hydrogens (tertiary/aromatic N) is 2. The normalized spacial score (nSPS) is 17.6. The highest BCUT2D eigenvalue weighted by Gasteiger charge is 2.36. The summed E-state index contributed by atoms with van der Waals surface area (Å²) in [6, 6.07) is 3.45. The molecule has 1 atom stereocenters. The molecule has 3 heterocycles. The summed E-state index contributed by atoms with van der Waals surface area (Å²) in [6.45, 7) is 0.903. The molecule has 34 heavy (non-hydrogen) atoms. The predicted octanol–water partition coefficient (Wildman–Crippen LogP) is 3.69. The third kappa shape index (κ3) is 3.17. The van der Waals surface area contributed by atoms with Crippen LogP contribution in [-0.4, -0.2) is 62.6 Å². The summed E-state index contributed by atoms with van der Waals surface area (Å²) in [5, 5.41) is 25.4. The molecule has 2 N–H and O–H groups in total. The second-order valence-corrected chi connectivity index (χ2v) is 8.17. The van der Waals surface area contributed by atoms with Crippen LogP contribution < -0.4 is 23.7 Å². The van der Waals surface area contributed by atoms with Crippen molar-refractivity contribution in [2.75, 3.05) is 41.7 Å². The van der Waals surface area contributed by atoms with Crippen molar-refractivity contribution in [3.8, 4) is 34.5 Å². The van der Waals surface area contributed by atoms with Gasteiger partial charge in [0.05, 0.1) is 44.3 Å². The summed E-state index contributed by atoms with van der Waals surface area (Å²) in [4.78, 5) is 2.15. The molecule has 0 unspecified atom stereocenters. The van der Waals surface area contributed by atoms with Gasteiger partial charge < -0.3 is 38.4 Å². The number of furan rings is 1. The number of fused-ring (bicyclic) bond motifs is 3. The zero-order valence-electron chi connectivity index (χ0n) is 19.4. The fourth-order valence-corrected chi connectivity index (χ4v) is 4.96. The van der Waals surface area contributed by atoms with E-state index in [1.807, 2.05) is 13.1 Å². The molecule has 10 heteroatoms. The lowest BCUT2D eigenvalue weighted by atomic mass is 9.86. The third-order valence-corrected chi connectivity index (χ3v) is 6.55. The van der Waals surface area contributed by atoms with E-state index < -0.39 is 0 Å². The smallest absolute Gasteiger partial charge is 0.231 e. The first-order valence-electron chi connectivity index (χ1n) is 10.8. The Kier molecular flexibility index (Phi) is 5.52. The quantitative estimate of drug-likeness (QED) is 0.316. The lowest BCUT2D eigenvalue weighted by molar-refractivity contribution is 0.170. The molecule has 180 valence electrons. The maximum absolute atomic E-state index is 11.1. The molecule has 0 amide bonds. The van der Waals surface area contributed by atoms with Gasteiger partial charge in [-0.15, -0.1) is 0 Å². The molecule has 0 saturated heterocycles. The van der Waals surface area contributed by atoms with Crippen molar-refractivity contribution in [2.45, 2.75) is 18.9 Å². The van der Waals surface area contributed by atoms with Crippen LogP contribution in [0.4, 0.5) is 0 Å². The lowest BCUT2D eigenvalue weighted by Gasteiger charge is -2.36. The Morgan fingerprint density at radius 2 is 1.91 bits per heavy atom. The van der Waals surface area contributed by atoms with Gasteiger partial charge in [-0.2, -0.15) is 0 Å².